The Bertz CT molecular complexity index is 521. The standard InChI is InChI=1S/C15H20N2O2/c1-10-11(2)15(19-3)9-8-12(10)16-17-13-6-4-5-7-14(13)18/h8-9,16H,4-7H2,1-3H3/b17-13-. The minimum atomic E-state index is 0.168. The summed E-state index contributed by atoms with van der Waals surface area (Å²) >= 11 is 0. The Labute approximate surface area is 113 Å². The Morgan fingerprint density at radius 3 is 2.58 bits per heavy atom. The van der Waals surface area contributed by atoms with E-state index in [0.29, 0.717) is 12.1 Å². The van der Waals surface area contributed by atoms with Gasteiger partial charge in [-0.3, -0.25) is 10.2 Å². The molecule has 2 rings (SSSR count). The first-order valence-corrected chi connectivity index (χ1v) is 6.63. The zero-order valence-electron chi connectivity index (χ0n) is 11.7. The van der Waals surface area contributed by atoms with Crippen LogP contribution in [0.1, 0.15) is 36.8 Å². The molecule has 1 saturated carbocycles. The second-order valence-electron chi connectivity index (χ2n) is 4.87. The largest absolute Gasteiger partial charge is 0.496 e. The third-order valence-corrected chi connectivity index (χ3v) is 3.66. The van der Waals surface area contributed by atoms with Crippen molar-refractivity contribution in [3.05, 3.63) is 23.3 Å². The van der Waals surface area contributed by atoms with Crippen LogP contribution in [0.3, 0.4) is 0 Å². The summed E-state index contributed by atoms with van der Waals surface area (Å²) < 4.78 is 5.27. The monoisotopic (exact) mass is 260 g/mol. The Morgan fingerprint density at radius 1 is 1.16 bits per heavy atom. The number of nitrogens with one attached hydrogen (secondary N) is 1. The molecule has 0 spiro atoms. The highest BCUT2D eigenvalue weighted by atomic mass is 16.5. The molecule has 0 amide bonds. The average molecular weight is 260 g/mol. The van der Waals surface area contributed by atoms with Crippen molar-refractivity contribution < 1.29 is 9.53 Å². The predicted octanol–water partition coefficient (Wildman–Crippen LogP) is 3.22. The van der Waals surface area contributed by atoms with Gasteiger partial charge in [0.25, 0.3) is 0 Å². The van der Waals surface area contributed by atoms with E-state index < -0.39 is 0 Å². The van der Waals surface area contributed by atoms with Crippen molar-refractivity contribution in [3.63, 3.8) is 0 Å². The summed E-state index contributed by atoms with van der Waals surface area (Å²) in [5.41, 5.74) is 6.78. The van der Waals surface area contributed by atoms with Gasteiger partial charge in [0.1, 0.15) is 11.5 Å². The SMILES string of the molecule is COc1ccc(N/N=C2/CCCCC2=O)c(C)c1C. The van der Waals surface area contributed by atoms with E-state index >= 15 is 0 Å². The molecule has 0 atom stereocenters. The fourth-order valence-electron chi connectivity index (χ4n) is 2.25. The summed E-state index contributed by atoms with van der Waals surface area (Å²) in [5, 5.41) is 4.27. The van der Waals surface area contributed by atoms with Crippen LogP contribution in [0.4, 0.5) is 5.69 Å². The smallest absolute Gasteiger partial charge is 0.178 e. The van der Waals surface area contributed by atoms with Crippen LogP contribution >= 0.6 is 0 Å². The van der Waals surface area contributed by atoms with E-state index in [9.17, 15) is 4.79 Å². The molecule has 0 aliphatic heterocycles. The summed E-state index contributed by atoms with van der Waals surface area (Å²) in [5.74, 6) is 1.03. The van der Waals surface area contributed by atoms with Crippen molar-refractivity contribution in [2.45, 2.75) is 39.5 Å². The number of methoxy groups -OCH3 is 1. The van der Waals surface area contributed by atoms with Crippen molar-refractivity contribution >= 4 is 17.2 Å². The topological polar surface area (TPSA) is 50.7 Å². The van der Waals surface area contributed by atoms with Gasteiger partial charge in [0.15, 0.2) is 5.78 Å². The predicted molar refractivity (Wildman–Crippen MR) is 77.0 cm³/mol. The number of carbonyl (C=O) groups is 1. The summed E-state index contributed by atoms with van der Waals surface area (Å²) in [6.45, 7) is 4.03. The van der Waals surface area contributed by atoms with Gasteiger partial charge in [-0.05, 0) is 56.4 Å². The highest BCUT2D eigenvalue weighted by Crippen LogP contribution is 2.27. The molecule has 102 valence electrons. The molecule has 0 heterocycles. The summed E-state index contributed by atoms with van der Waals surface area (Å²) in [6.07, 6.45) is 3.44. The quantitative estimate of drug-likeness (QED) is 0.849. The molecule has 1 aromatic rings. The Kier molecular flexibility index (Phi) is 4.20. The van der Waals surface area contributed by atoms with Crippen molar-refractivity contribution in [1.82, 2.24) is 0 Å². The molecule has 19 heavy (non-hydrogen) atoms. The van der Waals surface area contributed by atoms with E-state index in [2.05, 4.69) is 10.5 Å². The molecular formula is C15H20N2O2. The van der Waals surface area contributed by atoms with Crippen LogP contribution in [0, 0.1) is 13.8 Å². The van der Waals surface area contributed by atoms with Gasteiger partial charge in [-0.25, -0.2) is 0 Å². The van der Waals surface area contributed by atoms with Crippen LogP contribution in [0.15, 0.2) is 17.2 Å². The van der Waals surface area contributed by atoms with Crippen molar-refractivity contribution in [2.24, 2.45) is 5.10 Å². The molecule has 0 saturated heterocycles. The maximum Gasteiger partial charge on any atom is 0.178 e. The lowest BCUT2D eigenvalue weighted by Crippen LogP contribution is -2.19. The van der Waals surface area contributed by atoms with Gasteiger partial charge in [0.05, 0.1) is 12.8 Å². The first kappa shape index (κ1) is 13.6. The zero-order valence-corrected chi connectivity index (χ0v) is 11.7. The Hall–Kier alpha value is -1.84. The normalized spacial score (nSPS) is 17.6. The molecular weight excluding hydrogens is 240 g/mol. The molecule has 1 aliphatic carbocycles. The minimum Gasteiger partial charge on any atom is -0.496 e. The van der Waals surface area contributed by atoms with Gasteiger partial charge in [-0.2, -0.15) is 5.10 Å². The number of hydrazone groups is 1. The van der Waals surface area contributed by atoms with Crippen molar-refractivity contribution in [3.8, 4) is 5.75 Å². The summed E-state index contributed by atoms with van der Waals surface area (Å²) in [6, 6.07) is 3.84. The summed E-state index contributed by atoms with van der Waals surface area (Å²) in [7, 11) is 1.66. The van der Waals surface area contributed by atoms with E-state index in [-0.39, 0.29) is 5.78 Å². The van der Waals surface area contributed by atoms with Crippen LogP contribution < -0.4 is 10.2 Å². The number of rotatable bonds is 3. The van der Waals surface area contributed by atoms with Crippen molar-refractivity contribution in [1.29, 1.82) is 0 Å². The number of ketones is 1. The molecule has 4 nitrogen and oxygen atoms in total. The maximum absolute atomic E-state index is 11.7. The molecule has 0 radical (unpaired) electrons. The van der Waals surface area contributed by atoms with Crippen LogP contribution in [0.2, 0.25) is 0 Å². The van der Waals surface area contributed by atoms with Crippen LogP contribution in [-0.4, -0.2) is 18.6 Å². The van der Waals surface area contributed by atoms with Gasteiger partial charge in [0, 0.05) is 6.42 Å². The number of nitrogens with zero attached hydrogens (tertiary/aromatic N) is 1. The molecule has 1 N–H and O–H groups in total. The lowest BCUT2D eigenvalue weighted by Gasteiger charge is -2.14. The lowest BCUT2D eigenvalue weighted by atomic mass is 9.97. The van der Waals surface area contributed by atoms with Gasteiger partial charge in [-0.1, -0.05) is 0 Å². The third kappa shape index (κ3) is 2.95. The number of ether oxygens (including phenoxy) is 1. The van der Waals surface area contributed by atoms with Gasteiger partial charge >= 0.3 is 0 Å². The molecule has 1 aliphatic rings. The van der Waals surface area contributed by atoms with E-state index in [1.165, 1.54) is 0 Å². The highest BCUT2D eigenvalue weighted by molar-refractivity contribution is 6.40. The number of hydrogen-bond acceptors (Lipinski definition) is 4. The summed E-state index contributed by atoms with van der Waals surface area (Å²) in [4.78, 5) is 11.7. The van der Waals surface area contributed by atoms with Crippen LogP contribution in [0.25, 0.3) is 0 Å². The molecule has 1 aromatic carbocycles. The number of benzene rings is 1. The van der Waals surface area contributed by atoms with E-state index in [4.69, 9.17) is 4.74 Å². The first-order chi connectivity index (χ1) is 9.13. The number of anilines is 1. The molecule has 4 heteroatoms. The Morgan fingerprint density at radius 2 is 1.89 bits per heavy atom. The van der Waals surface area contributed by atoms with Crippen LogP contribution in [-0.2, 0) is 4.79 Å². The van der Waals surface area contributed by atoms with E-state index in [0.717, 1.165) is 41.8 Å². The fraction of sp³-hybridized carbons (Fsp3) is 0.467. The number of carbonyl (C=O) groups excluding carboxylic acids is 1. The molecule has 0 bridgehead atoms. The molecule has 0 aromatic heterocycles. The van der Waals surface area contributed by atoms with Crippen molar-refractivity contribution in [2.75, 3.05) is 12.5 Å². The molecule has 0 unspecified atom stereocenters. The van der Waals surface area contributed by atoms with E-state index in [1.54, 1.807) is 7.11 Å². The third-order valence-electron chi connectivity index (χ3n) is 3.66. The van der Waals surface area contributed by atoms with E-state index in [1.807, 2.05) is 26.0 Å². The number of Topliss-reactive ketones (excluding diaryl/α,β-unsaturated/α-hetero) is 1. The van der Waals surface area contributed by atoms with Gasteiger partial charge in [0.2, 0.25) is 0 Å². The maximum atomic E-state index is 11.7. The second kappa shape index (κ2) is 5.87. The zero-order chi connectivity index (χ0) is 13.8. The fourth-order valence-corrected chi connectivity index (χ4v) is 2.25. The van der Waals surface area contributed by atoms with Gasteiger partial charge in [-0.15, -0.1) is 0 Å². The first-order valence-electron chi connectivity index (χ1n) is 6.63. The average Bonchev–Trinajstić information content (AvgIpc) is 2.42. The Balaban J connectivity index is 2.18. The van der Waals surface area contributed by atoms with Gasteiger partial charge < -0.3 is 4.74 Å². The highest BCUT2D eigenvalue weighted by Gasteiger charge is 2.16. The molecule has 1 fully saturated rings. The minimum absolute atomic E-state index is 0.168. The van der Waals surface area contributed by atoms with Crippen LogP contribution in [0.5, 0.6) is 5.75 Å². The second-order valence-corrected chi connectivity index (χ2v) is 4.87. The lowest BCUT2D eigenvalue weighted by molar-refractivity contribution is -0.113. The number of hydrogen-bond donors (Lipinski definition) is 1.